The molecule has 0 heterocycles. The molecule has 1 aliphatic rings. The van der Waals surface area contributed by atoms with E-state index in [1.54, 1.807) is 0 Å². The first kappa shape index (κ1) is 50.5. The Hall–Kier alpha value is -1.55. The number of para-hydroxylation sites is 2. The summed E-state index contributed by atoms with van der Waals surface area (Å²) in [6.07, 6.45) is 8.84. The van der Waals surface area contributed by atoms with Crippen molar-refractivity contribution >= 4 is 39.3 Å². The minimum Gasteiger partial charge on any atom is -0.668 e. The fourth-order valence-electron chi connectivity index (χ4n) is 7.30. The Balaban J connectivity index is 0.00000129. The van der Waals surface area contributed by atoms with E-state index in [0.717, 1.165) is 47.0 Å². The van der Waals surface area contributed by atoms with Gasteiger partial charge in [0.25, 0.3) is 0 Å². The molecule has 54 heavy (non-hydrogen) atoms. The Bertz CT molecular complexity index is 1420. The number of hydrogen-bond donors (Lipinski definition) is 0. The molecule has 5 nitrogen and oxygen atoms in total. The van der Waals surface area contributed by atoms with Crippen molar-refractivity contribution in [2.24, 2.45) is 9.98 Å². The standard InChI is InChI=1S/C40H58N4.C6H18NSi2.La/c1-25(2)33-17-15-18-34(26(3)4)39(33)43-31(11)23-29(9)41-37-21-13-14-22-38(37)42-30(10)24-32(12)44-40-35(27(5)6)19-16-20-36(40)28(7)8;1-8(2,3)7-9(4,5)6;/h15-20,23-28,37-38H,13-14,21-22H2,1-12H3;1-6H3;/q-2;-1;+3/b31-23-,32-24-,41-29?,42-30?;;/t37-,38-;;/m0../s1. The van der Waals surface area contributed by atoms with Crippen molar-refractivity contribution in [2.75, 3.05) is 0 Å². The van der Waals surface area contributed by atoms with E-state index in [1.165, 1.54) is 35.1 Å². The van der Waals surface area contributed by atoms with Crippen LogP contribution in [0, 0.1) is 35.6 Å². The smallest absolute Gasteiger partial charge is 0.668 e. The quantitative estimate of drug-likeness (QED) is 0.134. The molecule has 8 heteroatoms. The molecule has 2 aromatic carbocycles. The molecule has 1 aliphatic carbocycles. The van der Waals surface area contributed by atoms with Crippen LogP contribution in [0.1, 0.15) is 155 Å². The third-order valence-corrected chi connectivity index (χ3v) is 14.6. The zero-order valence-corrected chi connectivity index (χ0v) is 43.4. The second kappa shape index (κ2) is 23.0. The molecule has 1 fully saturated rings. The minimum absolute atomic E-state index is 0. The van der Waals surface area contributed by atoms with Crippen molar-refractivity contribution in [1.82, 2.24) is 0 Å². The number of benzene rings is 2. The van der Waals surface area contributed by atoms with Gasteiger partial charge in [0.15, 0.2) is 0 Å². The summed E-state index contributed by atoms with van der Waals surface area (Å²) in [5.74, 6) is 1.69. The molecular formula is C46H76LaN5Si2. The largest absolute Gasteiger partial charge is 3.00 e. The molecule has 0 amide bonds. The van der Waals surface area contributed by atoms with E-state index in [2.05, 4.69) is 171 Å². The number of hydrogen-bond acceptors (Lipinski definition) is 2. The van der Waals surface area contributed by atoms with Crippen LogP contribution in [0.2, 0.25) is 39.3 Å². The second-order valence-corrected chi connectivity index (χ2v) is 28.0. The predicted molar refractivity (Wildman–Crippen MR) is 245 cm³/mol. The molecule has 0 spiro atoms. The normalized spacial score (nSPS) is 17.8. The predicted octanol–water partition coefficient (Wildman–Crippen LogP) is 16.0. The van der Waals surface area contributed by atoms with E-state index in [1.807, 2.05) is 0 Å². The summed E-state index contributed by atoms with van der Waals surface area (Å²) in [7, 11) is -2.21. The van der Waals surface area contributed by atoms with Crippen LogP contribution in [0.3, 0.4) is 0 Å². The summed E-state index contributed by atoms with van der Waals surface area (Å²) < 4.78 is 4.82. The molecule has 3 rings (SSSR count). The molecule has 0 aliphatic heterocycles. The van der Waals surface area contributed by atoms with Gasteiger partial charge in [-0.05, 0) is 50.4 Å². The van der Waals surface area contributed by atoms with Gasteiger partial charge >= 0.3 is 35.6 Å². The summed E-state index contributed by atoms with van der Waals surface area (Å²) in [5.41, 5.74) is 11.5. The molecule has 0 saturated heterocycles. The van der Waals surface area contributed by atoms with E-state index in [9.17, 15) is 0 Å². The van der Waals surface area contributed by atoms with Crippen LogP contribution in [0.25, 0.3) is 15.3 Å². The Morgan fingerprint density at radius 3 is 1.06 bits per heavy atom. The first-order chi connectivity index (χ1) is 24.5. The average molecular weight is 894 g/mol. The Kier molecular flexibility index (Phi) is 21.5. The summed E-state index contributed by atoms with van der Waals surface area (Å²) in [4.78, 5) is 10.4. The fraction of sp³-hybridized carbons (Fsp3) is 0.609. The molecule has 0 unspecified atom stereocenters. The maximum Gasteiger partial charge on any atom is 3.00 e. The van der Waals surface area contributed by atoms with E-state index in [-0.39, 0.29) is 47.7 Å². The van der Waals surface area contributed by atoms with Crippen molar-refractivity contribution in [3.8, 4) is 0 Å². The van der Waals surface area contributed by atoms with Gasteiger partial charge in [-0.1, -0.05) is 209 Å². The van der Waals surface area contributed by atoms with E-state index in [4.69, 9.17) is 25.3 Å². The zero-order chi connectivity index (χ0) is 40.3. The number of rotatable bonds is 14. The van der Waals surface area contributed by atoms with Gasteiger partial charge in [-0.25, -0.2) is 0 Å². The van der Waals surface area contributed by atoms with Gasteiger partial charge < -0.3 is 15.3 Å². The Morgan fingerprint density at radius 1 is 0.556 bits per heavy atom. The molecule has 0 bridgehead atoms. The first-order valence-electron chi connectivity index (χ1n) is 20.4. The second-order valence-electron chi connectivity index (χ2n) is 18.4. The van der Waals surface area contributed by atoms with Crippen LogP contribution in [0.4, 0.5) is 11.4 Å². The van der Waals surface area contributed by atoms with Crippen LogP contribution in [0.15, 0.2) is 69.9 Å². The topological polar surface area (TPSA) is 67.0 Å². The van der Waals surface area contributed by atoms with E-state index >= 15 is 0 Å². The molecule has 0 radical (unpaired) electrons. The van der Waals surface area contributed by atoms with Crippen molar-refractivity contribution in [3.05, 3.63) is 97.5 Å². The van der Waals surface area contributed by atoms with Gasteiger partial charge in [0, 0.05) is 11.4 Å². The molecule has 2 atom stereocenters. The fourth-order valence-corrected chi connectivity index (χ4v) is 15.4. The van der Waals surface area contributed by atoms with Crippen molar-refractivity contribution in [2.45, 2.75) is 184 Å². The number of aliphatic imine (C=N–C) groups is 2. The summed E-state index contributed by atoms with van der Waals surface area (Å²) in [6.45, 7) is 40.2. The minimum atomic E-state index is -1.11. The summed E-state index contributed by atoms with van der Waals surface area (Å²) >= 11 is 0. The van der Waals surface area contributed by atoms with Crippen LogP contribution in [-0.2, 0) is 0 Å². The molecule has 1 saturated carbocycles. The Labute approximate surface area is 363 Å². The Morgan fingerprint density at radius 2 is 0.833 bits per heavy atom. The van der Waals surface area contributed by atoms with Gasteiger partial charge in [-0.3, -0.25) is 9.98 Å². The van der Waals surface area contributed by atoms with Gasteiger partial charge in [0.1, 0.15) is 0 Å². The van der Waals surface area contributed by atoms with E-state index in [0.29, 0.717) is 23.7 Å². The van der Waals surface area contributed by atoms with Crippen LogP contribution in [-0.4, -0.2) is 40.0 Å². The van der Waals surface area contributed by atoms with Gasteiger partial charge in [0.05, 0.1) is 12.1 Å². The van der Waals surface area contributed by atoms with Gasteiger partial charge in [-0.2, -0.15) is 11.4 Å². The SMILES string of the molecule is CC(/C=C(/C)[N-]c1c(C(C)C)cccc1C(C)C)=N[C@H]1CCCC[C@@H]1N=C(C)/C=C(/C)[N-]c1c(C(C)C)cccc1C(C)C.C[Si](C)(C)[N-][Si](C)(C)C.[La+3]. The molecule has 2 aromatic rings. The summed E-state index contributed by atoms with van der Waals surface area (Å²) in [6, 6.07) is 13.6. The molecule has 0 N–H and O–H groups in total. The van der Waals surface area contributed by atoms with Crippen molar-refractivity contribution in [1.29, 1.82) is 0 Å². The number of allylic oxidation sites excluding steroid dienone is 4. The average Bonchev–Trinajstić information content (AvgIpc) is 3.00. The third kappa shape index (κ3) is 17.7. The van der Waals surface area contributed by atoms with Crippen LogP contribution < -0.4 is 0 Å². The third-order valence-electron chi connectivity index (χ3n) is 9.20. The number of nitrogens with zero attached hydrogens (tertiary/aromatic N) is 5. The molecular weight excluding hydrogens is 818 g/mol. The van der Waals surface area contributed by atoms with Crippen LogP contribution >= 0.6 is 0 Å². The zero-order valence-electron chi connectivity index (χ0n) is 37.7. The maximum atomic E-state index is 5.21. The van der Waals surface area contributed by atoms with Gasteiger partial charge in [-0.15, -0.1) is 11.4 Å². The molecule has 296 valence electrons. The summed E-state index contributed by atoms with van der Waals surface area (Å²) in [5, 5.41) is 10.3. The van der Waals surface area contributed by atoms with Gasteiger partial charge in [0.2, 0.25) is 0 Å². The first-order valence-corrected chi connectivity index (χ1v) is 27.3. The van der Waals surface area contributed by atoms with E-state index < -0.39 is 16.5 Å². The maximum absolute atomic E-state index is 5.21. The van der Waals surface area contributed by atoms with Crippen molar-refractivity contribution in [3.63, 3.8) is 0 Å². The van der Waals surface area contributed by atoms with Crippen molar-refractivity contribution < 1.29 is 35.6 Å². The molecule has 0 aromatic heterocycles. The van der Waals surface area contributed by atoms with Crippen LogP contribution in [0.5, 0.6) is 0 Å². The monoisotopic (exact) mass is 893 g/mol.